The molecule has 5 aliphatic carbocycles. The van der Waals surface area contributed by atoms with Gasteiger partial charge in [-0.25, -0.2) is 0 Å². The van der Waals surface area contributed by atoms with E-state index in [2.05, 4.69) is 34.6 Å². The first kappa shape index (κ1) is 41.2. The summed E-state index contributed by atoms with van der Waals surface area (Å²) in [7, 11) is 0. The van der Waals surface area contributed by atoms with E-state index < -0.39 is 96.8 Å². The van der Waals surface area contributed by atoms with Crippen LogP contribution in [0, 0.1) is 50.7 Å². The van der Waals surface area contributed by atoms with Crippen LogP contribution in [-0.4, -0.2) is 151 Å². The Morgan fingerprint density at radius 3 is 2.09 bits per heavy atom. The third-order valence-electron chi connectivity index (χ3n) is 17.8. The van der Waals surface area contributed by atoms with E-state index in [1.54, 1.807) is 0 Å². The monoisotopic (exact) mass is 784 g/mol. The van der Waals surface area contributed by atoms with E-state index in [0.717, 1.165) is 25.7 Å². The van der Waals surface area contributed by atoms with Gasteiger partial charge in [0.05, 0.1) is 49.3 Å². The zero-order valence-corrected chi connectivity index (χ0v) is 33.6. The summed E-state index contributed by atoms with van der Waals surface area (Å²) in [6, 6.07) is 0. The van der Waals surface area contributed by atoms with Gasteiger partial charge in [-0.1, -0.05) is 27.7 Å². The average Bonchev–Trinajstić information content (AvgIpc) is 3.47. The third-order valence-corrected chi connectivity index (χ3v) is 17.8. The smallest absolute Gasteiger partial charge is 0.187 e. The molecule has 316 valence electrons. The Morgan fingerprint density at radius 2 is 1.44 bits per heavy atom. The molecule has 0 unspecified atom stereocenters. The van der Waals surface area contributed by atoms with Crippen molar-refractivity contribution < 1.29 is 69.6 Å². The summed E-state index contributed by atoms with van der Waals surface area (Å²) >= 11 is 0. The highest BCUT2D eigenvalue weighted by Gasteiger charge is 2.85. The summed E-state index contributed by atoms with van der Waals surface area (Å²) in [6.45, 7) is 14.2. The zero-order valence-electron chi connectivity index (χ0n) is 33.6. The van der Waals surface area contributed by atoms with Gasteiger partial charge in [0.25, 0.3) is 0 Å². The molecule has 0 aromatic carbocycles. The molecular formula is C41H68O14. The first-order valence-corrected chi connectivity index (χ1v) is 20.8. The minimum Gasteiger partial charge on any atom is -0.394 e. The Hall–Kier alpha value is -0.560. The van der Waals surface area contributed by atoms with Gasteiger partial charge in [-0.2, -0.15) is 0 Å². The lowest BCUT2D eigenvalue weighted by atomic mass is 9.41. The summed E-state index contributed by atoms with van der Waals surface area (Å²) in [5.74, 6) is -0.169. The SMILES string of the molecule is CC(C)(O)[C@H]1CO[C@@](C)([C@H]2[C@@H](O)C[C@@]3(C)[C@@H]4C[C@@H](O[C@@H]5OC[C@H](O)[C@H](O)[C@@H]5O[C@@H]5O[C@H](CO)[C@H](O)[C@H](O)[C@@H]5O)[C@@H]5C(C)(C)[C@@H](O)CC[C@@]56C[C@@]46CC[C@@]23C)C1. The average molecular weight is 785 g/mol. The van der Waals surface area contributed by atoms with Crippen LogP contribution in [0.4, 0.5) is 0 Å². The molecule has 21 atom stereocenters. The van der Waals surface area contributed by atoms with Crippen LogP contribution in [-0.2, 0) is 23.7 Å². The maximum atomic E-state index is 12.2. The fraction of sp³-hybridized carbons (Fsp3) is 1.00. The van der Waals surface area contributed by atoms with Crippen molar-refractivity contribution in [2.24, 2.45) is 50.7 Å². The van der Waals surface area contributed by atoms with Gasteiger partial charge in [0.1, 0.15) is 42.7 Å². The molecule has 3 saturated heterocycles. The van der Waals surface area contributed by atoms with E-state index in [0.29, 0.717) is 32.3 Å². The lowest BCUT2D eigenvalue weighted by molar-refractivity contribution is -0.367. The predicted octanol–water partition coefficient (Wildman–Crippen LogP) is 0.582. The first-order valence-electron chi connectivity index (χ1n) is 20.8. The van der Waals surface area contributed by atoms with Crippen molar-refractivity contribution in [2.45, 2.75) is 185 Å². The Balaban J connectivity index is 1.13. The number of aliphatic hydroxyl groups is 9. The Bertz CT molecular complexity index is 1460. The van der Waals surface area contributed by atoms with Crippen molar-refractivity contribution in [2.75, 3.05) is 19.8 Å². The van der Waals surface area contributed by atoms with Gasteiger partial charge >= 0.3 is 0 Å². The molecule has 0 radical (unpaired) electrons. The second-order valence-corrected chi connectivity index (χ2v) is 21.1. The van der Waals surface area contributed by atoms with Crippen molar-refractivity contribution >= 4 is 0 Å². The highest BCUT2D eigenvalue weighted by atomic mass is 16.8. The molecule has 8 fully saturated rings. The quantitative estimate of drug-likeness (QED) is 0.161. The summed E-state index contributed by atoms with van der Waals surface area (Å²) in [4.78, 5) is 0. The molecule has 2 spiro atoms. The van der Waals surface area contributed by atoms with Gasteiger partial charge in [-0.05, 0) is 111 Å². The van der Waals surface area contributed by atoms with Crippen LogP contribution in [0.3, 0.4) is 0 Å². The summed E-state index contributed by atoms with van der Waals surface area (Å²) in [6.07, 6.45) is -8.84. The van der Waals surface area contributed by atoms with Crippen LogP contribution >= 0.6 is 0 Å². The third kappa shape index (κ3) is 5.70. The summed E-state index contributed by atoms with van der Waals surface area (Å²) < 4.78 is 31.5. The molecule has 5 saturated carbocycles. The van der Waals surface area contributed by atoms with Crippen molar-refractivity contribution in [1.29, 1.82) is 0 Å². The number of aliphatic hydroxyl groups excluding tert-OH is 8. The highest BCUT2D eigenvalue weighted by Crippen LogP contribution is 2.89. The fourth-order valence-electron chi connectivity index (χ4n) is 14.7. The van der Waals surface area contributed by atoms with Gasteiger partial charge in [-0.15, -0.1) is 0 Å². The van der Waals surface area contributed by atoms with Gasteiger partial charge in [-0.3, -0.25) is 0 Å². The van der Waals surface area contributed by atoms with Crippen molar-refractivity contribution in [3.63, 3.8) is 0 Å². The predicted molar refractivity (Wildman–Crippen MR) is 194 cm³/mol. The standard InChI is InChI=1S/C41H68O14/c1-35(2)25(45)8-9-41-18-40(41)11-10-37(5)31(39(7)13-19(16-52-39)36(3,4)50)20(43)14-38(37,6)24(40)12-22(32(35)41)53-34-30(26(46)21(44)17-51-34)55-33-29(49)28(48)27(47)23(15-42)54-33/h19-34,42-50H,8-18H2,1-7H3/t19-,20+,21+,22-,23-,24+,25+,26+,27+,28+,29+,30+,31+,32-,33+,34+,37+,38+,39-,40+,41-/m1/s1. The molecule has 55 heavy (non-hydrogen) atoms. The van der Waals surface area contributed by atoms with Crippen molar-refractivity contribution in [3.8, 4) is 0 Å². The largest absolute Gasteiger partial charge is 0.394 e. The number of ether oxygens (including phenoxy) is 5. The number of fused-ring (bicyclic) bond motifs is 2. The van der Waals surface area contributed by atoms with Crippen LogP contribution in [0.25, 0.3) is 0 Å². The van der Waals surface area contributed by atoms with Crippen molar-refractivity contribution in [3.05, 3.63) is 0 Å². The summed E-state index contributed by atoms with van der Waals surface area (Å²) in [5, 5.41) is 98.3. The second-order valence-electron chi connectivity index (χ2n) is 21.1. The molecule has 3 heterocycles. The van der Waals surface area contributed by atoms with E-state index in [1.165, 1.54) is 0 Å². The lowest BCUT2D eigenvalue weighted by Gasteiger charge is -2.65. The molecule has 0 aromatic heterocycles. The normalized spacial score (nSPS) is 58.7. The zero-order chi connectivity index (χ0) is 40.1. The molecule has 0 aromatic rings. The molecule has 9 N–H and O–H groups in total. The summed E-state index contributed by atoms with van der Waals surface area (Å²) in [5.41, 5.74) is -2.84. The molecule has 14 nitrogen and oxygen atoms in total. The molecule has 0 amide bonds. The van der Waals surface area contributed by atoms with E-state index in [4.69, 9.17) is 23.7 Å². The molecular weight excluding hydrogens is 716 g/mol. The lowest BCUT2D eigenvalue weighted by Crippen LogP contribution is -2.65. The first-order chi connectivity index (χ1) is 25.5. The minimum absolute atomic E-state index is 0.0137. The highest BCUT2D eigenvalue weighted by molar-refractivity contribution is 5.33. The van der Waals surface area contributed by atoms with E-state index >= 15 is 0 Å². The fourth-order valence-corrected chi connectivity index (χ4v) is 14.7. The molecule has 8 aliphatic rings. The van der Waals surface area contributed by atoms with Crippen LogP contribution in [0.15, 0.2) is 0 Å². The van der Waals surface area contributed by atoms with E-state index in [1.807, 2.05) is 13.8 Å². The number of rotatable bonds is 7. The van der Waals surface area contributed by atoms with Gasteiger partial charge in [0.2, 0.25) is 0 Å². The molecule has 8 rings (SSSR count). The number of hydrogen-bond donors (Lipinski definition) is 9. The van der Waals surface area contributed by atoms with Crippen LogP contribution < -0.4 is 0 Å². The van der Waals surface area contributed by atoms with Crippen LogP contribution in [0.2, 0.25) is 0 Å². The Labute approximate surface area is 324 Å². The minimum atomic E-state index is -1.74. The maximum Gasteiger partial charge on any atom is 0.187 e. The molecule has 14 heteroatoms. The second kappa shape index (κ2) is 13.2. The molecule has 0 bridgehead atoms. The van der Waals surface area contributed by atoms with E-state index in [-0.39, 0.29) is 51.9 Å². The van der Waals surface area contributed by atoms with Crippen molar-refractivity contribution in [1.82, 2.24) is 0 Å². The topological polar surface area (TPSA) is 228 Å². The van der Waals surface area contributed by atoms with Gasteiger partial charge in [0, 0.05) is 11.8 Å². The van der Waals surface area contributed by atoms with E-state index in [9.17, 15) is 46.0 Å². The Morgan fingerprint density at radius 1 is 0.727 bits per heavy atom. The van der Waals surface area contributed by atoms with Gasteiger partial charge in [0.15, 0.2) is 12.6 Å². The maximum absolute atomic E-state index is 12.2. The van der Waals surface area contributed by atoms with Gasteiger partial charge < -0.3 is 69.6 Å². The van der Waals surface area contributed by atoms with Crippen LogP contribution in [0.5, 0.6) is 0 Å². The van der Waals surface area contributed by atoms with Crippen LogP contribution in [0.1, 0.15) is 99.8 Å². The molecule has 3 aliphatic heterocycles. The Kier molecular flexibility index (Phi) is 9.90. The number of hydrogen-bond acceptors (Lipinski definition) is 14.